The molecule has 1 amide bonds. The molecule has 0 atom stereocenters. The predicted molar refractivity (Wildman–Crippen MR) is 77.3 cm³/mol. The maximum Gasteiger partial charge on any atom is 0.240 e. The average molecular weight is 264 g/mol. The van der Waals surface area contributed by atoms with Gasteiger partial charge in [0.2, 0.25) is 5.91 Å². The Bertz CT molecular complexity index is 457. The first-order valence-corrected chi connectivity index (χ1v) is 7.12. The van der Waals surface area contributed by atoms with E-state index >= 15 is 0 Å². The lowest BCUT2D eigenvalue weighted by Gasteiger charge is -2.30. The zero-order chi connectivity index (χ0) is 13.2. The summed E-state index contributed by atoms with van der Waals surface area (Å²) in [4.78, 5) is 13.0. The molecule has 18 heavy (non-hydrogen) atoms. The predicted octanol–water partition coefficient (Wildman–Crippen LogP) is 2.66. The molecule has 3 nitrogen and oxygen atoms in total. The van der Waals surface area contributed by atoms with Crippen molar-refractivity contribution in [3.05, 3.63) is 23.8 Å². The maximum absolute atomic E-state index is 11.8. The second-order valence-electron chi connectivity index (χ2n) is 5.10. The Hall–Kier alpha value is -1.00. The zero-order valence-electron chi connectivity index (χ0n) is 11.2. The van der Waals surface area contributed by atoms with Crippen molar-refractivity contribution in [3.63, 3.8) is 0 Å². The van der Waals surface area contributed by atoms with Crippen molar-refractivity contribution < 1.29 is 4.79 Å². The van der Waals surface area contributed by atoms with Gasteiger partial charge in [-0.25, -0.2) is 0 Å². The summed E-state index contributed by atoms with van der Waals surface area (Å²) in [5.41, 5.74) is 2.28. The average Bonchev–Trinajstić information content (AvgIpc) is 2.31. The summed E-state index contributed by atoms with van der Waals surface area (Å²) in [6, 6.07) is 6.33. The fourth-order valence-corrected chi connectivity index (χ4v) is 3.11. The Kier molecular flexibility index (Phi) is 3.97. The van der Waals surface area contributed by atoms with E-state index in [9.17, 15) is 4.79 Å². The minimum absolute atomic E-state index is 0.0860. The summed E-state index contributed by atoms with van der Waals surface area (Å²) in [7, 11) is 1.97. The van der Waals surface area contributed by atoms with Crippen molar-refractivity contribution in [2.75, 3.05) is 18.9 Å². The molecule has 1 aliphatic rings. The van der Waals surface area contributed by atoms with Gasteiger partial charge in [-0.15, -0.1) is 11.8 Å². The van der Waals surface area contributed by atoms with Gasteiger partial charge in [0.1, 0.15) is 0 Å². The van der Waals surface area contributed by atoms with E-state index in [1.54, 1.807) is 11.8 Å². The Labute approximate surface area is 113 Å². The number of amides is 1. The fourth-order valence-electron chi connectivity index (χ4n) is 1.97. The summed E-state index contributed by atoms with van der Waals surface area (Å²) < 4.78 is -0.378. The number of rotatable bonds is 4. The highest BCUT2D eigenvalue weighted by Gasteiger charge is 2.34. The molecule has 2 rings (SSSR count). The molecule has 0 aromatic heterocycles. The first-order valence-electron chi connectivity index (χ1n) is 6.31. The van der Waals surface area contributed by atoms with Gasteiger partial charge in [-0.3, -0.25) is 4.79 Å². The van der Waals surface area contributed by atoms with E-state index in [0.29, 0.717) is 0 Å². The summed E-state index contributed by atoms with van der Waals surface area (Å²) in [5.74, 6) is 0.0860. The van der Waals surface area contributed by atoms with E-state index in [1.165, 1.54) is 10.5 Å². The number of hydrogen-bond donors (Lipinski definition) is 2. The van der Waals surface area contributed by atoms with Crippen molar-refractivity contribution in [2.45, 2.75) is 36.3 Å². The number of fused-ring (bicyclic) bond motifs is 1. The normalized spacial score (nSPS) is 17.2. The van der Waals surface area contributed by atoms with Crippen LogP contribution in [0.15, 0.2) is 23.1 Å². The van der Waals surface area contributed by atoms with E-state index in [-0.39, 0.29) is 10.7 Å². The van der Waals surface area contributed by atoms with Crippen molar-refractivity contribution in [2.24, 2.45) is 0 Å². The third-order valence-electron chi connectivity index (χ3n) is 3.10. The molecule has 0 saturated heterocycles. The van der Waals surface area contributed by atoms with E-state index in [4.69, 9.17) is 0 Å². The summed E-state index contributed by atoms with van der Waals surface area (Å²) in [5, 5.41) is 6.13. The van der Waals surface area contributed by atoms with Crippen molar-refractivity contribution >= 4 is 23.4 Å². The number of anilines is 1. The molecule has 0 bridgehead atoms. The van der Waals surface area contributed by atoms with Crippen LogP contribution >= 0.6 is 11.8 Å². The van der Waals surface area contributed by atoms with Gasteiger partial charge in [-0.1, -0.05) is 6.07 Å². The molecular formula is C14H20N2OS. The van der Waals surface area contributed by atoms with Crippen LogP contribution in [0.5, 0.6) is 0 Å². The topological polar surface area (TPSA) is 41.1 Å². The molecule has 0 radical (unpaired) electrons. The van der Waals surface area contributed by atoms with Crippen LogP contribution in [0.2, 0.25) is 0 Å². The van der Waals surface area contributed by atoms with E-state index < -0.39 is 0 Å². The van der Waals surface area contributed by atoms with Crippen LogP contribution < -0.4 is 10.6 Å². The third-order valence-corrected chi connectivity index (χ3v) is 4.35. The fraction of sp³-hybridized carbons (Fsp3) is 0.500. The van der Waals surface area contributed by atoms with Crippen molar-refractivity contribution in [1.29, 1.82) is 0 Å². The van der Waals surface area contributed by atoms with Crippen molar-refractivity contribution in [3.8, 4) is 0 Å². The molecule has 1 heterocycles. The molecule has 98 valence electrons. The van der Waals surface area contributed by atoms with Crippen LogP contribution in [0.4, 0.5) is 5.69 Å². The van der Waals surface area contributed by atoms with Gasteiger partial charge >= 0.3 is 0 Å². The van der Waals surface area contributed by atoms with Crippen LogP contribution in [0.3, 0.4) is 0 Å². The molecule has 2 N–H and O–H groups in total. The first kappa shape index (κ1) is 13.4. The summed E-state index contributed by atoms with van der Waals surface area (Å²) >= 11 is 1.65. The highest BCUT2D eigenvalue weighted by atomic mass is 32.2. The molecule has 0 fully saturated rings. The van der Waals surface area contributed by atoms with Gasteiger partial charge in [0.15, 0.2) is 0 Å². The van der Waals surface area contributed by atoms with Gasteiger partial charge < -0.3 is 10.6 Å². The van der Waals surface area contributed by atoms with Gasteiger partial charge in [0, 0.05) is 4.90 Å². The van der Waals surface area contributed by atoms with Crippen LogP contribution in [0.1, 0.15) is 25.8 Å². The Morgan fingerprint density at radius 2 is 2.17 bits per heavy atom. The third kappa shape index (κ3) is 2.87. The molecule has 0 spiro atoms. The second-order valence-corrected chi connectivity index (χ2v) is 6.77. The molecule has 1 aliphatic heterocycles. The Morgan fingerprint density at radius 3 is 2.89 bits per heavy atom. The van der Waals surface area contributed by atoms with Crippen LogP contribution in [0, 0.1) is 0 Å². The van der Waals surface area contributed by atoms with Crippen LogP contribution in [-0.4, -0.2) is 24.2 Å². The molecular weight excluding hydrogens is 244 g/mol. The largest absolute Gasteiger partial charge is 0.324 e. The van der Waals surface area contributed by atoms with E-state index in [2.05, 4.69) is 22.8 Å². The van der Waals surface area contributed by atoms with E-state index in [1.807, 2.05) is 27.0 Å². The standard InChI is InChI=1S/C14H20N2OS/c1-14(2)13(17)16-11-7-6-10(5-4-8-15-3)9-12(11)18-14/h6-7,9,15H,4-5,8H2,1-3H3,(H,16,17). The number of carbonyl (C=O) groups is 1. The first-order chi connectivity index (χ1) is 8.53. The van der Waals surface area contributed by atoms with Gasteiger partial charge in [-0.2, -0.15) is 0 Å². The quantitative estimate of drug-likeness (QED) is 0.822. The number of nitrogens with one attached hydrogen (secondary N) is 2. The molecule has 1 aromatic carbocycles. The lowest BCUT2D eigenvalue weighted by atomic mass is 10.1. The summed E-state index contributed by atoms with van der Waals surface area (Å²) in [6.07, 6.45) is 2.21. The van der Waals surface area contributed by atoms with Gasteiger partial charge in [-0.05, 0) is 58.0 Å². The second kappa shape index (κ2) is 5.33. The Morgan fingerprint density at radius 1 is 1.39 bits per heavy atom. The van der Waals surface area contributed by atoms with Gasteiger partial charge in [0.25, 0.3) is 0 Å². The lowest BCUT2D eigenvalue weighted by Crippen LogP contribution is -2.37. The zero-order valence-corrected chi connectivity index (χ0v) is 12.0. The molecule has 0 aliphatic carbocycles. The van der Waals surface area contributed by atoms with E-state index in [0.717, 1.165) is 25.1 Å². The minimum Gasteiger partial charge on any atom is -0.324 e. The SMILES string of the molecule is CNCCCc1ccc2c(c1)SC(C)(C)C(=O)N2. The number of thioether (sulfide) groups is 1. The summed E-state index contributed by atoms with van der Waals surface area (Å²) in [6.45, 7) is 4.96. The molecule has 1 aromatic rings. The molecule has 0 unspecified atom stereocenters. The highest BCUT2D eigenvalue weighted by molar-refractivity contribution is 8.01. The number of benzene rings is 1. The number of aryl methyl sites for hydroxylation is 1. The molecule has 4 heteroatoms. The lowest BCUT2D eigenvalue weighted by molar-refractivity contribution is -0.117. The van der Waals surface area contributed by atoms with Gasteiger partial charge in [0.05, 0.1) is 10.4 Å². The molecule has 0 saturated carbocycles. The van der Waals surface area contributed by atoms with Crippen molar-refractivity contribution in [1.82, 2.24) is 5.32 Å². The van der Waals surface area contributed by atoms with Crippen LogP contribution in [0.25, 0.3) is 0 Å². The number of hydrogen-bond acceptors (Lipinski definition) is 3. The Balaban J connectivity index is 2.14. The highest BCUT2D eigenvalue weighted by Crippen LogP contribution is 2.42. The number of carbonyl (C=O) groups excluding carboxylic acids is 1. The maximum atomic E-state index is 11.8. The van der Waals surface area contributed by atoms with Crippen LogP contribution in [-0.2, 0) is 11.2 Å². The minimum atomic E-state index is -0.378. The smallest absolute Gasteiger partial charge is 0.240 e. The monoisotopic (exact) mass is 264 g/mol.